The SMILES string of the molecule is CC(=O)N1CCc2cc(NC(=O)COC(=O)c3cc(C)n(Cc4cccs4)c3C)ccc21. The van der Waals surface area contributed by atoms with Gasteiger partial charge in [0, 0.05) is 41.1 Å². The van der Waals surface area contributed by atoms with E-state index in [9.17, 15) is 14.4 Å². The maximum atomic E-state index is 12.6. The summed E-state index contributed by atoms with van der Waals surface area (Å²) < 4.78 is 7.34. The predicted molar refractivity (Wildman–Crippen MR) is 124 cm³/mol. The van der Waals surface area contributed by atoms with E-state index in [1.165, 1.54) is 4.88 Å². The number of carbonyl (C=O) groups excluding carboxylic acids is 3. The molecule has 0 unspecified atom stereocenters. The monoisotopic (exact) mass is 451 g/mol. The van der Waals surface area contributed by atoms with E-state index in [2.05, 4.69) is 16.0 Å². The first-order valence-corrected chi connectivity index (χ1v) is 11.3. The van der Waals surface area contributed by atoms with Crippen molar-refractivity contribution in [3.63, 3.8) is 0 Å². The van der Waals surface area contributed by atoms with Crippen LogP contribution in [0.4, 0.5) is 11.4 Å². The fraction of sp³-hybridized carbons (Fsp3) is 0.292. The largest absolute Gasteiger partial charge is 0.452 e. The van der Waals surface area contributed by atoms with Gasteiger partial charge in [-0.2, -0.15) is 0 Å². The van der Waals surface area contributed by atoms with Crippen LogP contribution in [-0.4, -0.2) is 35.5 Å². The number of nitrogens with one attached hydrogen (secondary N) is 1. The minimum atomic E-state index is -0.517. The molecule has 32 heavy (non-hydrogen) atoms. The van der Waals surface area contributed by atoms with Gasteiger partial charge in [0.05, 0.1) is 12.1 Å². The minimum Gasteiger partial charge on any atom is -0.452 e. The van der Waals surface area contributed by atoms with Crippen LogP contribution in [0, 0.1) is 13.8 Å². The first kappa shape index (κ1) is 21.8. The molecule has 1 N–H and O–H groups in total. The second-order valence-electron chi connectivity index (χ2n) is 7.84. The number of nitrogens with zero attached hydrogens (tertiary/aromatic N) is 2. The van der Waals surface area contributed by atoms with Gasteiger partial charge in [0.2, 0.25) is 5.91 Å². The van der Waals surface area contributed by atoms with E-state index in [0.29, 0.717) is 24.3 Å². The number of rotatable bonds is 6. The zero-order valence-corrected chi connectivity index (χ0v) is 19.1. The number of hydrogen-bond donors (Lipinski definition) is 1. The Hall–Kier alpha value is -3.39. The molecule has 1 aromatic carbocycles. The molecule has 0 radical (unpaired) electrons. The molecule has 7 nitrogen and oxygen atoms in total. The van der Waals surface area contributed by atoms with Crippen molar-refractivity contribution in [2.75, 3.05) is 23.4 Å². The predicted octanol–water partition coefficient (Wildman–Crippen LogP) is 3.92. The summed E-state index contributed by atoms with van der Waals surface area (Å²) in [5.74, 6) is -0.925. The van der Waals surface area contributed by atoms with Crippen LogP contribution in [0.5, 0.6) is 0 Å². The summed E-state index contributed by atoms with van der Waals surface area (Å²) in [5, 5.41) is 4.79. The molecule has 0 spiro atoms. The Morgan fingerprint density at radius 1 is 1.16 bits per heavy atom. The standard InChI is InChI=1S/C24H25N3O4S/c1-15-11-21(16(2)27(15)13-20-5-4-10-32-20)24(30)31-14-23(29)25-19-6-7-22-18(12-19)8-9-26(22)17(3)28/h4-7,10-12H,8-9,13-14H2,1-3H3,(H,25,29). The van der Waals surface area contributed by atoms with Gasteiger partial charge >= 0.3 is 5.97 Å². The third kappa shape index (κ3) is 4.45. The van der Waals surface area contributed by atoms with Gasteiger partial charge < -0.3 is 19.5 Å². The normalized spacial score (nSPS) is 12.5. The van der Waals surface area contributed by atoms with Crippen LogP contribution in [0.25, 0.3) is 0 Å². The van der Waals surface area contributed by atoms with Gasteiger partial charge in [-0.05, 0) is 61.5 Å². The van der Waals surface area contributed by atoms with Gasteiger partial charge in [0.15, 0.2) is 6.61 Å². The molecule has 2 aromatic heterocycles. The summed E-state index contributed by atoms with van der Waals surface area (Å²) in [6.07, 6.45) is 0.745. The highest BCUT2D eigenvalue weighted by atomic mass is 32.1. The summed E-state index contributed by atoms with van der Waals surface area (Å²) >= 11 is 1.67. The smallest absolute Gasteiger partial charge is 0.340 e. The molecule has 166 valence electrons. The highest BCUT2D eigenvalue weighted by molar-refractivity contribution is 7.09. The number of hydrogen-bond acceptors (Lipinski definition) is 5. The van der Waals surface area contributed by atoms with Gasteiger partial charge in [-0.1, -0.05) is 6.07 Å². The van der Waals surface area contributed by atoms with Crippen molar-refractivity contribution in [3.8, 4) is 0 Å². The third-order valence-corrected chi connectivity index (χ3v) is 6.52. The first-order valence-electron chi connectivity index (χ1n) is 10.4. The number of fused-ring (bicyclic) bond motifs is 1. The molecular formula is C24H25N3O4S. The molecule has 0 bridgehead atoms. The van der Waals surface area contributed by atoms with Gasteiger partial charge in [-0.15, -0.1) is 11.3 Å². The maximum Gasteiger partial charge on any atom is 0.340 e. The summed E-state index contributed by atoms with van der Waals surface area (Å²) in [5.41, 5.74) is 4.74. The van der Waals surface area contributed by atoms with Gasteiger partial charge in [-0.3, -0.25) is 9.59 Å². The van der Waals surface area contributed by atoms with Crippen LogP contribution in [-0.2, 0) is 27.3 Å². The Morgan fingerprint density at radius 3 is 2.69 bits per heavy atom. The Balaban J connectivity index is 1.36. The molecule has 3 heterocycles. The topological polar surface area (TPSA) is 80.6 Å². The Morgan fingerprint density at radius 2 is 1.97 bits per heavy atom. The van der Waals surface area contributed by atoms with E-state index in [0.717, 1.165) is 29.1 Å². The Kier molecular flexibility index (Phi) is 6.14. The summed E-state index contributed by atoms with van der Waals surface area (Å²) in [4.78, 5) is 39.5. The molecule has 1 aliphatic heterocycles. The van der Waals surface area contributed by atoms with Crippen LogP contribution in [0.3, 0.4) is 0 Å². The Labute approximate surface area is 190 Å². The van der Waals surface area contributed by atoms with Crippen LogP contribution < -0.4 is 10.2 Å². The lowest BCUT2D eigenvalue weighted by Crippen LogP contribution is -2.25. The van der Waals surface area contributed by atoms with Crippen molar-refractivity contribution in [2.24, 2.45) is 0 Å². The zero-order valence-electron chi connectivity index (χ0n) is 18.3. The number of thiophene rings is 1. The molecule has 0 fully saturated rings. The number of ether oxygens (including phenoxy) is 1. The van der Waals surface area contributed by atoms with Crippen molar-refractivity contribution >= 4 is 40.5 Å². The average Bonchev–Trinajstić information content (AvgIpc) is 3.48. The van der Waals surface area contributed by atoms with E-state index in [4.69, 9.17) is 4.74 Å². The van der Waals surface area contributed by atoms with Gasteiger partial charge in [0.1, 0.15) is 0 Å². The first-order chi connectivity index (χ1) is 15.3. The summed E-state index contributed by atoms with van der Waals surface area (Å²) in [6.45, 7) is 6.34. The summed E-state index contributed by atoms with van der Waals surface area (Å²) in [6, 6.07) is 11.3. The molecule has 1 aliphatic rings. The minimum absolute atomic E-state index is 0.00204. The average molecular weight is 452 g/mol. The van der Waals surface area contributed by atoms with E-state index in [1.54, 1.807) is 35.3 Å². The molecule has 0 saturated heterocycles. The fourth-order valence-corrected chi connectivity index (χ4v) is 4.71. The number of benzene rings is 1. The third-order valence-electron chi connectivity index (χ3n) is 5.66. The lowest BCUT2D eigenvalue weighted by molar-refractivity contribution is -0.119. The summed E-state index contributed by atoms with van der Waals surface area (Å²) in [7, 11) is 0. The molecule has 4 rings (SSSR count). The molecule has 0 aliphatic carbocycles. The fourth-order valence-electron chi connectivity index (χ4n) is 4.02. The van der Waals surface area contributed by atoms with Gasteiger partial charge in [0.25, 0.3) is 5.91 Å². The molecular weight excluding hydrogens is 426 g/mol. The zero-order chi connectivity index (χ0) is 22.8. The van der Waals surface area contributed by atoms with Crippen LogP contribution in [0.2, 0.25) is 0 Å². The van der Waals surface area contributed by atoms with Crippen LogP contribution in [0.15, 0.2) is 41.8 Å². The number of aryl methyl sites for hydroxylation is 1. The Bertz CT molecular complexity index is 1180. The van der Waals surface area contributed by atoms with E-state index >= 15 is 0 Å². The van der Waals surface area contributed by atoms with Crippen molar-refractivity contribution in [1.82, 2.24) is 4.57 Å². The molecule has 0 atom stereocenters. The number of aromatic nitrogens is 1. The number of esters is 1. The molecule has 8 heteroatoms. The van der Waals surface area contributed by atoms with Crippen LogP contribution in [0.1, 0.15) is 39.1 Å². The molecule has 3 aromatic rings. The molecule has 0 saturated carbocycles. The second kappa shape index (κ2) is 9.00. The van der Waals surface area contributed by atoms with E-state index < -0.39 is 11.9 Å². The quantitative estimate of drug-likeness (QED) is 0.576. The van der Waals surface area contributed by atoms with Crippen LogP contribution >= 0.6 is 11.3 Å². The highest BCUT2D eigenvalue weighted by Gasteiger charge is 2.23. The van der Waals surface area contributed by atoms with Crippen molar-refractivity contribution in [2.45, 2.75) is 33.7 Å². The second-order valence-corrected chi connectivity index (χ2v) is 8.87. The van der Waals surface area contributed by atoms with Crippen molar-refractivity contribution < 1.29 is 19.1 Å². The lowest BCUT2D eigenvalue weighted by Gasteiger charge is -2.15. The number of anilines is 2. The van der Waals surface area contributed by atoms with E-state index in [1.807, 2.05) is 37.4 Å². The highest BCUT2D eigenvalue weighted by Crippen LogP contribution is 2.30. The van der Waals surface area contributed by atoms with Crippen molar-refractivity contribution in [3.05, 3.63) is 69.2 Å². The molecule has 2 amide bonds. The van der Waals surface area contributed by atoms with Gasteiger partial charge in [-0.25, -0.2) is 4.79 Å². The van der Waals surface area contributed by atoms with Crippen molar-refractivity contribution in [1.29, 1.82) is 0 Å². The maximum absolute atomic E-state index is 12.6. The number of amides is 2. The van der Waals surface area contributed by atoms with E-state index in [-0.39, 0.29) is 12.5 Å². The lowest BCUT2D eigenvalue weighted by atomic mass is 10.1. The number of carbonyl (C=O) groups is 3.